The average molecular weight is 610 g/mol. The normalized spacial score (nSPS) is 22.9. The third-order valence-corrected chi connectivity index (χ3v) is 10.3. The van der Waals surface area contributed by atoms with Gasteiger partial charge in [-0.1, -0.05) is 18.2 Å². The second-order valence-corrected chi connectivity index (χ2v) is 13.0. The number of carbonyl (C=O) groups is 1. The molecule has 232 valence electrons. The number of ether oxygens (including phenoxy) is 2. The molecule has 0 saturated carbocycles. The number of nitrogens with zero attached hydrogens (tertiary/aromatic N) is 6. The van der Waals surface area contributed by atoms with Gasteiger partial charge in [0.2, 0.25) is 5.91 Å². The van der Waals surface area contributed by atoms with Crippen LogP contribution < -0.4 is 4.90 Å². The van der Waals surface area contributed by atoms with Crippen molar-refractivity contribution in [3.05, 3.63) is 41.2 Å². The van der Waals surface area contributed by atoms with Crippen LogP contribution >= 0.6 is 11.6 Å². The van der Waals surface area contributed by atoms with Gasteiger partial charge in [0.1, 0.15) is 0 Å². The number of hydrogen-bond donors (Lipinski definition) is 1. The van der Waals surface area contributed by atoms with E-state index < -0.39 is 0 Å². The Morgan fingerprint density at radius 1 is 1.16 bits per heavy atom. The van der Waals surface area contributed by atoms with Crippen molar-refractivity contribution in [3.8, 4) is 11.1 Å². The number of aromatic amines is 1. The molecule has 1 atom stereocenters. The Kier molecular flexibility index (Phi) is 8.56. The minimum atomic E-state index is -0.308. The number of halogens is 1. The lowest BCUT2D eigenvalue weighted by atomic mass is 9.92. The quantitative estimate of drug-likeness (QED) is 0.387. The van der Waals surface area contributed by atoms with Crippen LogP contribution in [0, 0.1) is 13.8 Å². The van der Waals surface area contributed by atoms with Crippen LogP contribution in [0.5, 0.6) is 0 Å². The van der Waals surface area contributed by atoms with Gasteiger partial charge < -0.3 is 19.3 Å². The lowest BCUT2D eigenvalue weighted by Gasteiger charge is -2.51. The van der Waals surface area contributed by atoms with Crippen LogP contribution in [-0.4, -0.2) is 107 Å². The van der Waals surface area contributed by atoms with Crippen molar-refractivity contribution in [2.75, 3.05) is 64.6 Å². The Morgan fingerprint density at radius 3 is 2.60 bits per heavy atom. The number of fused-ring (bicyclic) bond motifs is 1. The molecule has 0 spiro atoms. The lowest BCUT2D eigenvalue weighted by Crippen LogP contribution is -2.65. The predicted octanol–water partition coefficient (Wildman–Crippen LogP) is 4.75. The fraction of sp³-hybridized carbons (Fsp3) is 0.594. The standard InChI is InChI=1S/C32H44ClN7O3/c1-6-27(41)37-11-7-24(8-12-37)40-22(3)28(29-25-18-34-35-26(25)17-21(2)30(29)33)31(36-40)39-14-13-38(19-32(39,4)20-42-5)23-9-15-43-16-10-23/h6,17-18,23-24H,1,7-16,19-20H2,2-5H3,(H,34,35)/t32-/m1/s1. The molecule has 1 aromatic carbocycles. The first kappa shape index (κ1) is 30.1. The highest BCUT2D eigenvalue weighted by Crippen LogP contribution is 2.46. The predicted molar refractivity (Wildman–Crippen MR) is 170 cm³/mol. The molecule has 3 aromatic rings. The van der Waals surface area contributed by atoms with Crippen molar-refractivity contribution in [1.29, 1.82) is 0 Å². The summed E-state index contributed by atoms with van der Waals surface area (Å²) < 4.78 is 13.8. The zero-order valence-electron chi connectivity index (χ0n) is 25.9. The first-order valence-corrected chi connectivity index (χ1v) is 15.8. The Morgan fingerprint density at radius 2 is 1.91 bits per heavy atom. The maximum Gasteiger partial charge on any atom is 0.245 e. The number of nitrogens with one attached hydrogen (secondary N) is 1. The number of piperidine rings is 1. The number of piperazine rings is 1. The SMILES string of the molecule is C=CC(=O)N1CCC(n2nc(N3CCN(C4CCOCC4)C[C@]3(C)COC)c(-c3c(Cl)c(C)cc4[nH]ncc34)c2C)CC1. The summed E-state index contributed by atoms with van der Waals surface area (Å²) in [6.45, 7) is 16.4. The van der Waals surface area contributed by atoms with Gasteiger partial charge in [-0.25, -0.2) is 0 Å². The van der Waals surface area contributed by atoms with Crippen LogP contribution in [0.1, 0.15) is 49.9 Å². The molecule has 2 aromatic heterocycles. The molecule has 3 aliphatic heterocycles. The number of likely N-dealkylation sites (tertiary alicyclic amines) is 1. The van der Waals surface area contributed by atoms with Gasteiger partial charge in [-0.05, 0) is 64.2 Å². The number of rotatable bonds is 7. The highest BCUT2D eigenvalue weighted by atomic mass is 35.5. The molecule has 3 saturated heterocycles. The summed E-state index contributed by atoms with van der Waals surface area (Å²) in [6.07, 6.45) is 7.06. The highest BCUT2D eigenvalue weighted by Gasteiger charge is 2.43. The summed E-state index contributed by atoms with van der Waals surface area (Å²) in [6, 6.07) is 2.75. The van der Waals surface area contributed by atoms with Crippen LogP contribution in [0.3, 0.4) is 0 Å². The average Bonchev–Trinajstić information content (AvgIpc) is 3.62. The van der Waals surface area contributed by atoms with Gasteiger partial charge in [0.05, 0.1) is 34.9 Å². The topological polar surface area (TPSA) is 91.8 Å². The third-order valence-electron chi connectivity index (χ3n) is 9.77. The molecular weight excluding hydrogens is 566 g/mol. The summed E-state index contributed by atoms with van der Waals surface area (Å²) in [7, 11) is 1.78. The van der Waals surface area contributed by atoms with Crippen LogP contribution in [-0.2, 0) is 14.3 Å². The fourth-order valence-corrected chi connectivity index (χ4v) is 7.75. The van der Waals surface area contributed by atoms with Crippen molar-refractivity contribution < 1.29 is 14.3 Å². The van der Waals surface area contributed by atoms with E-state index in [1.54, 1.807) is 7.11 Å². The molecule has 0 radical (unpaired) electrons. The minimum absolute atomic E-state index is 0.0105. The fourth-order valence-electron chi connectivity index (χ4n) is 7.50. The molecule has 1 amide bonds. The number of hydrogen-bond acceptors (Lipinski definition) is 7. The Hall–Kier alpha value is -2.92. The number of amides is 1. The molecule has 6 rings (SSSR count). The van der Waals surface area contributed by atoms with Gasteiger partial charge in [0.15, 0.2) is 5.82 Å². The monoisotopic (exact) mass is 609 g/mol. The van der Waals surface area contributed by atoms with E-state index in [1.807, 2.05) is 18.0 Å². The number of aromatic nitrogens is 4. The number of carbonyl (C=O) groups excluding carboxylic acids is 1. The van der Waals surface area contributed by atoms with E-state index in [2.05, 4.69) is 51.2 Å². The maximum atomic E-state index is 12.3. The second-order valence-electron chi connectivity index (χ2n) is 12.6. The van der Waals surface area contributed by atoms with Crippen LogP contribution in [0.2, 0.25) is 5.02 Å². The number of H-pyrrole nitrogens is 1. The van der Waals surface area contributed by atoms with Gasteiger partial charge in [-0.3, -0.25) is 19.5 Å². The van der Waals surface area contributed by atoms with E-state index in [-0.39, 0.29) is 17.5 Å². The number of methoxy groups -OCH3 is 1. The van der Waals surface area contributed by atoms with Crippen molar-refractivity contribution >= 4 is 34.2 Å². The summed E-state index contributed by atoms with van der Waals surface area (Å²) in [4.78, 5) is 19.3. The van der Waals surface area contributed by atoms with Crippen molar-refractivity contribution in [2.24, 2.45) is 0 Å². The molecule has 11 heteroatoms. The summed E-state index contributed by atoms with van der Waals surface area (Å²) >= 11 is 7.17. The molecule has 3 fully saturated rings. The van der Waals surface area contributed by atoms with Crippen LogP contribution in [0.25, 0.3) is 22.0 Å². The third kappa shape index (κ3) is 5.47. The molecule has 0 bridgehead atoms. The second kappa shape index (κ2) is 12.2. The van der Waals surface area contributed by atoms with E-state index in [1.165, 1.54) is 6.08 Å². The molecule has 5 heterocycles. The first-order chi connectivity index (χ1) is 20.8. The van der Waals surface area contributed by atoms with Crippen molar-refractivity contribution in [1.82, 2.24) is 29.8 Å². The molecule has 1 N–H and O–H groups in total. The van der Waals surface area contributed by atoms with E-state index in [0.29, 0.717) is 25.7 Å². The van der Waals surface area contributed by atoms with Gasteiger partial charge in [-0.15, -0.1) is 0 Å². The van der Waals surface area contributed by atoms with Crippen molar-refractivity contribution in [2.45, 2.75) is 64.1 Å². The lowest BCUT2D eigenvalue weighted by molar-refractivity contribution is -0.127. The number of benzene rings is 1. The van der Waals surface area contributed by atoms with Crippen LogP contribution in [0.15, 0.2) is 24.9 Å². The maximum absolute atomic E-state index is 12.3. The first-order valence-electron chi connectivity index (χ1n) is 15.5. The summed E-state index contributed by atoms with van der Waals surface area (Å²) in [5.41, 5.74) is 4.73. The molecular formula is C32H44ClN7O3. The summed E-state index contributed by atoms with van der Waals surface area (Å²) in [5, 5.41) is 14.7. The van der Waals surface area contributed by atoms with Gasteiger partial charge >= 0.3 is 0 Å². The molecule has 0 aliphatic carbocycles. The molecule has 0 unspecified atom stereocenters. The smallest absolute Gasteiger partial charge is 0.245 e. The van der Waals surface area contributed by atoms with Crippen LogP contribution in [0.4, 0.5) is 5.82 Å². The summed E-state index contributed by atoms with van der Waals surface area (Å²) in [5.74, 6) is 0.923. The number of aryl methyl sites for hydroxylation is 1. The highest BCUT2D eigenvalue weighted by molar-refractivity contribution is 6.36. The zero-order valence-corrected chi connectivity index (χ0v) is 26.6. The minimum Gasteiger partial charge on any atom is -0.382 e. The Labute approximate surface area is 258 Å². The molecule has 10 nitrogen and oxygen atoms in total. The van der Waals surface area contributed by atoms with Gasteiger partial charge in [0, 0.05) is 81.3 Å². The van der Waals surface area contributed by atoms with E-state index in [0.717, 1.165) is 103 Å². The largest absolute Gasteiger partial charge is 0.382 e. The Balaban J connectivity index is 1.45. The van der Waals surface area contributed by atoms with E-state index in [4.69, 9.17) is 26.2 Å². The van der Waals surface area contributed by atoms with Gasteiger partial charge in [-0.2, -0.15) is 10.2 Å². The van der Waals surface area contributed by atoms with E-state index in [9.17, 15) is 4.79 Å². The van der Waals surface area contributed by atoms with E-state index >= 15 is 0 Å². The Bertz CT molecular complexity index is 1490. The van der Waals surface area contributed by atoms with Crippen molar-refractivity contribution in [3.63, 3.8) is 0 Å². The zero-order chi connectivity index (χ0) is 30.3. The molecule has 43 heavy (non-hydrogen) atoms. The molecule has 3 aliphatic rings. The number of anilines is 1. The van der Waals surface area contributed by atoms with Gasteiger partial charge in [0.25, 0.3) is 0 Å².